The van der Waals surface area contributed by atoms with E-state index in [2.05, 4.69) is 26.2 Å². The van der Waals surface area contributed by atoms with Crippen molar-refractivity contribution in [3.63, 3.8) is 0 Å². The Bertz CT molecular complexity index is 638. The van der Waals surface area contributed by atoms with Gasteiger partial charge >= 0.3 is 5.97 Å². The van der Waals surface area contributed by atoms with Crippen molar-refractivity contribution in [3.8, 4) is 0 Å². The topological polar surface area (TPSA) is 60.5 Å². The molecule has 1 saturated carbocycles. The fraction of sp³-hybridized carbons (Fsp3) is 0.684. The van der Waals surface area contributed by atoms with Crippen LogP contribution < -0.4 is 5.32 Å². The van der Waals surface area contributed by atoms with Gasteiger partial charge in [0, 0.05) is 40.9 Å². The summed E-state index contributed by atoms with van der Waals surface area (Å²) in [7, 11) is 0. The zero-order chi connectivity index (χ0) is 18.1. The second kappa shape index (κ2) is 6.97. The van der Waals surface area contributed by atoms with Crippen molar-refractivity contribution in [2.45, 2.75) is 69.6 Å². The van der Waals surface area contributed by atoms with Crippen molar-refractivity contribution in [2.75, 3.05) is 13.2 Å². The van der Waals surface area contributed by atoms with E-state index in [4.69, 9.17) is 9.47 Å². The van der Waals surface area contributed by atoms with E-state index in [1.165, 1.54) is 12.8 Å². The van der Waals surface area contributed by atoms with Gasteiger partial charge in [0.2, 0.25) is 0 Å². The van der Waals surface area contributed by atoms with E-state index < -0.39 is 11.2 Å². The lowest BCUT2D eigenvalue weighted by Crippen LogP contribution is -2.36. The van der Waals surface area contributed by atoms with E-state index in [0.29, 0.717) is 6.54 Å². The van der Waals surface area contributed by atoms with Crippen LogP contribution >= 0.6 is 15.9 Å². The monoisotopic (exact) mass is 410 g/mol. The standard InChI is InChI=1S/C19H27BrN2O3/c1-17(2,3)25-16(23)11-24-19(14-6-9-21-10-15(14)20)12-18(22-13-19)7-4-5-8-18/h6,9-10,22H,4-5,7-8,11-13H2,1-3H3. The van der Waals surface area contributed by atoms with E-state index in [-0.39, 0.29) is 18.1 Å². The minimum absolute atomic E-state index is 0.0518. The maximum atomic E-state index is 12.2. The van der Waals surface area contributed by atoms with Crippen molar-refractivity contribution < 1.29 is 14.3 Å². The van der Waals surface area contributed by atoms with Crippen LogP contribution in [0.2, 0.25) is 0 Å². The number of halogens is 1. The predicted octanol–water partition coefficient (Wildman–Crippen LogP) is 3.70. The highest BCUT2D eigenvalue weighted by molar-refractivity contribution is 9.10. The van der Waals surface area contributed by atoms with Gasteiger partial charge in [-0.1, -0.05) is 12.8 Å². The van der Waals surface area contributed by atoms with Gasteiger partial charge in [0.15, 0.2) is 0 Å². The molecule has 1 aliphatic carbocycles. The molecule has 1 saturated heterocycles. The van der Waals surface area contributed by atoms with Crippen LogP contribution in [0.4, 0.5) is 0 Å². The molecule has 1 atom stereocenters. The molecule has 1 aromatic heterocycles. The number of hydrogen-bond acceptors (Lipinski definition) is 5. The van der Waals surface area contributed by atoms with Gasteiger partial charge < -0.3 is 14.8 Å². The molecule has 25 heavy (non-hydrogen) atoms. The van der Waals surface area contributed by atoms with Gasteiger partial charge in [-0.3, -0.25) is 4.98 Å². The third-order valence-electron chi connectivity index (χ3n) is 5.08. The third-order valence-corrected chi connectivity index (χ3v) is 5.72. The van der Waals surface area contributed by atoms with Crippen LogP contribution in [0.15, 0.2) is 22.9 Å². The highest BCUT2D eigenvalue weighted by atomic mass is 79.9. The van der Waals surface area contributed by atoms with Gasteiger partial charge in [0.05, 0.1) is 0 Å². The Morgan fingerprint density at radius 3 is 2.72 bits per heavy atom. The fourth-order valence-corrected chi connectivity index (χ4v) is 4.70. The van der Waals surface area contributed by atoms with Gasteiger partial charge in [-0.05, 0) is 55.6 Å². The van der Waals surface area contributed by atoms with Crippen molar-refractivity contribution in [3.05, 3.63) is 28.5 Å². The molecule has 3 rings (SSSR count). The summed E-state index contributed by atoms with van der Waals surface area (Å²) >= 11 is 3.61. The first-order valence-corrected chi connectivity index (χ1v) is 9.74. The van der Waals surface area contributed by atoms with Crippen LogP contribution in [0, 0.1) is 0 Å². The van der Waals surface area contributed by atoms with E-state index in [1.807, 2.05) is 26.8 Å². The number of rotatable bonds is 4. The maximum absolute atomic E-state index is 12.2. The SMILES string of the molecule is CC(C)(C)OC(=O)COC1(c2ccncc2Br)CNC2(CCCC2)C1. The summed E-state index contributed by atoms with van der Waals surface area (Å²) in [5, 5.41) is 3.70. The minimum Gasteiger partial charge on any atom is -0.458 e. The first kappa shape index (κ1) is 18.8. The van der Waals surface area contributed by atoms with Gasteiger partial charge in [-0.15, -0.1) is 0 Å². The summed E-state index contributed by atoms with van der Waals surface area (Å²) in [6.07, 6.45) is 9.23. The van der Waals surface area contributed by atoms with Gasteiger partial charge in [0.1, 0.15) is 17.8 Å². The summed E-state index contributed by atoms with van der Waals surface area (Å²) in [4.78, 5) is 16.4. The molecule has 0 radical (unpaired) electrons. The van der Waals surface area contributed by atoms with Crippen LogP contribution in [-0.2, 0) is 19.9 Å². The normalized spacial score (nSPS) is 25.4. The van der Waals surface area contributed by atoms with Crippen LogP contribution in [0.25, 0.3) is 0 Å². The lowest BCUT2D eigenvalue weighted by Gasteiger charge is -2.32. The fourth-order valence-electron chi connectivity index (χ4n) is 4.09. The van der Waals surface area contributed by atoms with Crippen molar-refractivity contribution in [2.24, 2.45) is 0 Å². The molecule has 0 bridgehead atoms. The summed E-state index contributed by atoms with van der Waals surface area (Å²) in [6, 6.07) is 1.98. The average molecular weight is 411 g/mol. The smallest absolute Gasteiger partial charge is 0.332 e. The summed E-state index contributed by atoms with van der Waals surface area (Å²) in [6.45, 7) is 6.24. The Labute approximate surface area is 158 Å². The zero-order valence-electron chi connectivity index (χ0n) is 15.2. The molecule has 2 heterocycles. The number of nitrogens with zero attached hydrogens (tertiary/aromatic N) is 1. The van der Waals surface area contributed by atoms with Crippen molar-refractivity contribution >= 4 is 21.9 Å². The Hall–Kier alpha value is -0.980. The Morgan fingerprint density at radius 1 is 1.36 bits per heavy atom. The van der Waals surface area contributed by atoms with Crippen LogP contribution in [0.5, 0.6) is 0 Å². The molecule has 1 N–H and O–H groups in total. The number of aromatic nitrogens is 1. The molecular formula is C19H27BrN2O3. The lowest BCUT2D eigenvalue weighted by atomic mass is 9.84. The second-order valence-corrected chi connectivity index (χ2v) is 9.10. The number of hydrogen-bond donors (Lipinski definition) is 1. The van der Waals surface area contributed by atoms with E-state index in [1.54, 1.807) is 12.4 Å². The first-order chi connectivity index (χ1) is 11.7. The van der Waals surface area contributed by atoms with Crippen LogP contribution in [-0.4, -0.2) is 35.2 Å². The Morgan fingerprint density at radius 2 is 2.08 bits per heavy atom. The molecule has 138 valence electrons. The lowest BCUT2D eigenvalue weighted by molar-refractivity contribution is -0.167. The molecule has 5 nitrogen and oxygen atoms in total. The molecular weight excluding hydrogens is 384 g/mol. The van der Waals surface area contributed by atoms with Crippen molar-refractivity contribution in [1.82, 2.24) is 10.3 Å². The quantitative estimate of drug-likeness (QED) is 0.766. The molecule has 1 spiro atoms. The molecule has 1 aliphatic heterocycles. The highest BCUT2D eigenvalue weighted by Crippen LogP contribution is 2.47. The summed E-state index contributed by atoms with van der Waals surface area (Å²) in [5.74, 6) is -0.329. The Balaban J connectivity index is 1.81. The third kappa shape index (κ3) is 4.23. The molecule has 0 aromatic carbocycles. The Kier molecular flexibility index (Phi) is 5.24. The van der Waals surface area contributed by atoms with E-state index >= 15 is 0 Å². The van der Waals surface area contributed by atoms with Crippen LogP contribution in [0.1, 0.15) is 58.4 Å². The number of ether oxygens (including phenoxy) is 2. The molecule has 2 aliphatic rings. The zero-order valence-corrected chi connectivity index (χ0v) is 16.8. The number of nitrogens with one attached hydrogen (secondary N) is 1. The summed E-state index contributed by atoms with van der Waals surface area (Å²) in [5.41, 5.74) is 0.118. The molecule has 1 unspecified atom stereocenters. The second-order valence-electron chi connectivity index (χ2n) is 8.24. The summed E-state index contributed by atoms with van der Waals surface area (Å²) < 4.78 is 12.6. The van der Waals surface area contributed by atoms with E-state index in [9.17, 15) is 4.79 Å². The maximum Gasteiger partial charge on any atom is 0.332 e. The minimum atomic E-state index is -0.539. The molecule has 0 amide bonds. The average Bonchev–Trinajstić information content (AvgIpc) is 3.13. The van der Waals surface area contributed by atoms with Gasteiger partial charge in [-0.25, -0.2) is 4.79 Å². The number of carbonyl (C=O) groups excluding carboxylic acids is 1. The first-order valence-electron chi connectivity index (χ1n) is 8.95. The van der Waals surface area contributed by atoms with Crippen LogP contribution in [0.3, 0.4) is 0 Å². The van der Waals surface area contributed by atoms with Gasteiger partial charge in [0.25, 0.3) is 0 Å². The van der Waals surface area contributed by atoms with Gasteiger partial charge in [-0.2, -0.15) is 0 Å². The van der Waals surface area contributed by atoms with E-state index in [0.717, 1.165) is 29.3 Å². The molecule has 1 aromatic rings. The largest absolute Gasteiger partial charge is 0.458 e. The number of pyridine rings is 1. The molecule has 6 heteroatoms. The molecule has 2 fully saturated rings. The highest BCUT2D eigenvalue weighted by Gasteiger charge is 2.51. The van der Waals surface area contributed by atoms with Crippen molar-refractivity contribution in [1.29, 1.82) is 0 Å². The number of esters is 1. The number of carbonyl (C=O) groups is 1. The predicted molar refractivity (Wildman–Crippen MR) is 99.2 cm³/mol.